The first kappa shape index (κ1) is 26.2. The van der Waals surface area contributed by atoms with Crippen molar-refractivity contribution in [2.45, 2.75) is 37.7 Å². The zero-order valence-corrected chi connectivity index (χ0v) is 18.7. The van der Waals surface area contributed by atoms with Crippen molar-refractivity contribution in [3.63, 3.8) is 0 Å². The van der Waals surface area contributed by atoms with Crippen molar-refractivity contribution < 1.29 is 26.4 Å². The van der Waals surface area contributed by atoms with Gasteiger partial charge in [-0.2, -0.15) is 17.5 Å². The van der Waals surface area contributed by atoms with Gasteiger partial charge in [0.2, 0.25) is 5.91 Å². The number of hydrogen-bond acceptors (Lipinski definition) is 4. The lowest BCUT2D eigenvalue weighted by Gasteiger charge is -2.32. The van der Waals surface area contributed by atoms with E-state index in [1.807, 2.05) is 6.92 Å². The molecule has 0 unspecified atom stereocenters. The van der Waals surface area contributed by atoms with Gasteiger partial charge in [0.25, 0.3) is 0 Å². The molecule has 1 aliphatic rings. The van der Waals surface area contributed by atoms with Gasteiger partial charge in [-0.1, -0.05) is 0 Å². The minimum atomic E-state index is -5.28. The summed E-state index contributed by atoms with van der Waals surface area (Å²) >= 11 is 0. The lowest BCUT2D eigenvalue weighted by molar-refractivity contribution is -0.128. The number of alkyl halides is 3. The largest absolute Gasteiger partial charge is 0.511 e. The van der Waals surface area contributed by atoms with Gasteiger partial charge in [-0.05, 0) is 19.8 Å². The number of sulfonamides is 1. The summed E-state index contributed by atoms with van der Waals surface area (Å²) in [5.74, 6) is 0.395. The van der Waals surface area contributed by atoms with Crippen molar-refractivity contribution in [2.75, 3.05) is 40.3 Å². The first-order valence-corrected chi connectivity index (χ1v) is 9.74. The van der Waals surface area contributed by atoms with Crippen LogP contribution < -0.4 is 10.6 Å². The van der Waals surface area contributed by atoms with Crippen LogP contribution in [0.1, 0.15) is 26.2 Å². The number of guanidine groups is 1. The Morgan fingerprint density at radius 1 is 1.26 bits per heavy atom. The van der Waals surface area contributed by atoms with E-state index < -0.39 is 15.5 Å². The Labute approximate surface area is 175 Å². The molecule has 0 aromatic rings. The summed E-state index contributed by atoms with van der Waals surface area (Å²) in [6, 6.07) is -0.197. The summed E-state index contributed by atoms with van der Waals surface area (Å²) in [5, 5.41) is 6.08. The number of rotatable bonds is 6. The van der Waals surface area contributed by atoms with Gasteiger partial charge in [-0.3, -0.25) is 9.79 Å². The van der Waals surface area contributed by atoms with E-state index in [-0.39, 0.29) is 74.8 Å². The van der Waals surface area contributed by atoms with Crippen molar-refractivity contribution in [3.05, 3.63) is 0 Å². The summed E-state index contributed by atoms with van der Waals surface area (Å²) in [7, 11) is -1.97. The minimum Gasteiger partial charge on any atom is -0.357 e. The van der Waals surface area contributed by atoms with Crippen molar-refractivity contribution in [2.24, 2.45) is 4.99 Å². The van der Waals surface area contributed by atoms with Crippen LogP contribution in [0.3, 0.4) is 0 Å². The predicted molar refractivity (Wildman–Crippen MR) is 107 cm³/mol. The second-order valence-electron chi connectivity index (χ2n) is 6.07. The molecule has 13 heteroatoms. The highest BCUT2D eigenvalue weighted by Crippen LogP contribution is 2.28. The summed E-state index contributed by atoms with van der Waals surface area (Å²) in [6.45, 7) is 2.29. The first-order valence-electron chi connectivity index (χ1n) is 8.30. The maximum Gasteiger partial charge on any atom is 0.511 e. The summed E-state index contributed by atoms with van der Waals surface area (Å²) in [5.41, 5.74) is -5.28. The minimum absolute atomic E-state index is 0. The van der Waals surface area contributed by atoms with E-state index in [2.05, 4.69) is 15.6 Å². The van der Waals surface area contributed by atoms with Crippen LogP contribution in [0.15, 0.2) is 4.99 Å². The summed E-state index contributed by atoms with van der Waals surface area (Å²) < 4.78 is 61.0. The third-order valence-electron chi connectivity index (χ3n) is 3.87. The smallest absolute Gasteiger partial charge is 0.357 e. The van der Waals surface area contributed by atoms with Crippen LogP contribution >= 0.6 is 24.0 Å². The second-order valence-corrected chi connectivity index (χ2v) is 8.00. The van der Waals surface area contributed by atoms with Crippen molar-refractivity contribution in [3.8, 4) is 0 Å². The molecular formula is C14H27F3IN5O3S. The number of aliphatic imine (C=N–C) groups is 1. The molecular weight excluding hydrogens is 502 g/mol. The topological polar surface area (TPSA) is 94.1 Å². The maximum atomic E-state index is 12.6. The van der Waals surface area contributed by atoms with E-state index >= 15 is 0 Å². The standard InChI is InChI=1S/C14H26F3N5O3S.HI/c1-4-18-13(19-8-5-12(23)21(2)3)20-11-6-9-22(10-7-11)26(24,25)14(15,16)17;/h11H,4-10H2,1-3H3,(H2,18,19,20);1H. The summed E-state index contributed by atoms with van der Waals surface area (Å²) in [4.78, 5) is 17.3. The number of hydrogen-bond donors (Lipinski definition) is 2. The SMILES string of the molecule is CCNC(=NCCC(=O)N(C)C)NC1CCN(S(=O)(=O)C(F)(F)F)CC1.I. The number of amides is 1. The summed E-state index contributed by atoms with van der Waals surface area (Å²) in [6.07, 6.45) is 0.707. The molecule has 2 N–H and O–H groups in total. The number of halogens is 4. The van der Waals surface area contributed by atoms with Crippen LogP contribution in [-0.2, 0) is 14.8 Å². The van der Waals surface area contributed by atoms with E-state index in [9.17, 15) is 26.4 Å². The van der Waals surface area contributed by atoms with Gasteiger partial charge < -0.3 is 15.5 Å². The Morgan fingerprint density at radius 2 is 1.81 bits per heavy atom. The van der Waals surface area contributed by atoms with Gasteiger partial charge in [0.1, 0.15) is 0 Å². The fourth-order valence-electron chi connectivity index (χ4n) is 2.39. The maximum absolute atomic E-state index is 12.6. The fraction of sp³-hybridized carbons (Fsp3) is 0.857. The molecule has 0 saturated carbocycles. The van der Waals surface area contributed by atoms with Gasteiger partial charge in [-0.25, -0.2) is 8.42 Å². The van der Waals surface area contributed by atoms with Crippen LogP contribution in [0.2, 0.25) is 0 Å². The van der Waals surface area contributed by atoms with Gasteiger partial charge in [0.15, 0.2) is 5.96 Å². The van der Waals surface area contributed by atoms with Crippen molar-refractivity contribution >= 4 is 45.9 Å². The van der Waals surface area contributed by atoms with Crippen molar-refractivity contribution in [1.29, 1.82) is 0 Å². The lowest BCUT2D eigenvalue weighted by Crippen LogP contribution is -2.51. The third kappa shape index (κ3) is 7.97. The lowest BCUT2D eigenvalue weighted by atomic mass is 10.1. The molecule has 1 fully saturated rings. The molecule has 0 aliphatic carbocycles. The van der Waals surface area contributed by atoms with Crippen LogP contribution in [0, 0.1) is 0 Å². The van der Waals surface area contributed by atoms with E-state index in [4.69, 9.17) is 0 Å². The zero-order valence-electron chi connectivity index (χ0n) is 15.5. The Balaban J connectivity index is 0.00000676. The molecule has 0 aromatic carbocycles. The number of piperidine rings is 1. The molecule has 0 radical (unpaired) electrons. The Kier molecular flexibility index (Phi) is 10.9. The molecule has 0 aromatic heterocycles. The average molecular weight is 529 g/mol. The Hall–Kier alpha value is -0.830. The van der Waals surface area contributed by atoms with Gasteiger partial charge in [-0.15, -0.1) is 24.0 Å². The fourth-order valence-corrected chi connectivity index (χ4v) is 3.37. The zero-order chi connectivity index (χ0) is 20.0. The quantitative estimate of drug-likeness (QED) is 0.304. The molecule has 0 atom stereocenters. The highest BCUT2D eigenvalue weighted by Gasteiger charge is 2.50. The van der Waals surface area contributed by atoms with E-state index in [1.54, 1.807) is 14.1 Å². The molecule has 1 amide bonds. The normalized spacial score (nSPS) is 17.2. The van der Waals surface area contributed by atoms with Gasteiger partial charge >= 0.3 is 15.5 Å². The molecule has 0 bridgehead atoms. The van der Waals surface area contributed by atoms with Crippen LogP contribution in [0.4, 0.5) is 13.2 Å². The second kappa shape index (κ2) is 11.2. The third-order valence-corrected chi connectivity index (χ3v) is 5.50. The Bertz CT molecular complexity index is 606. The number of carbonyl (C=O) groups excluding carboxylic acids is 1. The highest BCUT2D eigenvalue weighted by atomic mass is 127. The van der Waals surface area contributed by atoms with Crippen molar-refractivity contribution in [1.82, 2.24) is 19.8 Å². The monoisotopic (exact) mass is 529 g/mol. The van der Waals surface area contributed by atoms with Crippen LogP contribution in [-0.4, -0.2) is 81.3 Å². The van der Waals surface area contributed by atoms with E-state index in [0.29, 0.717) is 16.8 Å². The number of nitrogens with one attached hydrogen (secondary N) is 2. The molecule has 160 valence electrons. The number of nitrogens with zero attached hydrogens (tertiary/aromatic N) is 3. The molecule has 27 heavy (non-hydrogen) atoms. The number of carbonyl (C=O) groups is 1. The van der Waals surface area contributed by atoms with Crippen LogP contribution in [0.5, 0.6) is 0 Å². The van der Waals surface area contributed by atoms with E-state index in [1.165, 1.54) is 4.90 Å². The molecule has 1 rings (SSSR count). The molecule has 1 heterocycles. The highest BCUT2D eigenvalue weighted by molar-refractivity contribution is 14.0. The molecule has 0 spiro atoms. The van der Waals surface area contributed by atoms with E-state index in [0.717, 1.165) is 0 Å². The first-order chi connectivity index (χ1) is 12.0. The average Bonchev–Trinajstić information content (AvgIpc) is 2.54. The molecule has 1 saturated heterocycles. The molecule has 8 nitrogen and oxygen atoms in total. The van der Waals surface area contributed by atoms with Gasteiger partial charge in [0, 0.05) is 46.2 Å². The van der Waals surface area contributed by atoms with Gasteiger partial charge in [0.05, 0.1) is 6.54 Å². The Morgan fingerprint density at radius 3 is 2.26 bits per heavy atom. The molecule has 1 aliphatic heterocycles. The predicted octanol–water partition coefficient (Wildman–Crippen LogP) is 0.952. The van der Waals surface area contributed by atoms with Crippen LogP contribution in [0.25, 0.3) is 0 Å².